The number of terminal acetylenes is 1. The summed E-state index contributed by atoms with van der Waals surface area (Å²) in [6.07, 6.45) is 6.28. The van der Waals surface area contributed by atoms with Gasteiger partial charge in [-0.2, -0.15) is 0 Å². The van der Waals surface area contributed by atoms with E-state index in [9.17, 15) is 0 Å². The molecule has 0 aliphatic heterocycles. The van der Waals surface area contributed by atoms with Crippen molar-refractivity contribution in [3.8, 4) is 12.3 Å². The van der Waals surface area contributed by atoms with Crippen LogP contribution in [0.1, 0.15) is 12.8 Å². The predicted molar refractivity (Wildman–Crippen MR) is 30.9 cm³/mol. The molecule has 0 aliphatic rings. The Kier molecular flexibility index (Phi) is 13.7. The molecule has 1 nitrogen and oxygen atoms in total. The Morgan fingerprint density at radius 3 is 2.29 bits per heavy atom. The summed E-state index contributed by atoms with van der Waals surface area (Å²) >= 11 is 0. The van der Waals surface area contributed by atoms with Gasteiger partial charge < -0.3 is 5.11 Å². The van der Waals surface area contributed by atoms with Gasteiger partial charge in [-0.15, -0.1) is 12.3 Å². The van der Waals surface area contributed by atoms with Crippen molar-refractivity contribution in [2.45, 2.75) is 12.8 Å². The van der Waals surface area contributed by atoms with Gasteiger partial charge in [-0.1, -0.05) is 0 Å². The van der Waals surface area contributed by atoms with Crippen molar-refractivity contribution < 1.29 is 5.11 Å². The second-order valence-electron chi connectivity index (χ2n) is 1.03. The maximum absolute atomic E-state index is 8.10. The van der Waals surface area contributed by atoms with E-state index in [-0.39, 0.29) is 25.5 Å². The van der Waals surface area contributed by atoms with Gasteiger partial charge in [0.05, 0.1) is 0 Å². The van der Waals surface area contributed by atoms with Crippen molar-refractivity contribution in [2.75, 3.05) is 6.61 Å². The van der Waals surface area contributed by atoms with E-state index in [0.29, 0.717) is 6.42 Å². The first kappa shape index (κ1) is 10.2. The van der Waals surface area contributed by atoms with Crippen LogP contribution >= 0.6 is 0 Å². The maximum Gasteiger partial charge on any atom is 0.0440 e. The first-order valence-corrected chi connectivity index (χ1v) is 1.96. The smallest absolute Gasteiger partial charge is 0.0440 e. The fourth-order valence-electron chi connectivity index (χ4n) is 0.181. The third-order valence-electron chi connectivity index (χ3n) is 0.479. The third kappa shape index (κ3) is 10.7. The van der Waals surface area contributed by atoms with E-state index in [0.717, 1.165) is 6.42 Å². The molecule has 0 saturated heterocycles. The second kappa shape index (κ2) is 9.45. The van der Waals surface area contributed by atoms with Gasteiger partial charge in [-0.3, -0.25) is 0 Å². The zero-order chi connectivity index (χ0) is 4.83. The van der Waals surface area contributed by atoms with Gasteiger partial charge in [-0.25, -0.2) is 0 Å². The van der Waals surface area contributed by atoms with Gasteiger partial charge in [0.2, 0.25) is 0 Å². The van der Waals surface area contributed by atoms with Crippen LogP contribution in [0.15, 0.2) is 0 Å². The molecule has 0 aromatic carbocycles. The standard InChI is InChI=1S/C5H8O.Li/c1-2-3-4-5-6;/h1,6H,3-5H2;. The van der Waals surface area contributed by atoms with Crippen molar-refractivity contribution in [2.24, 2.45) is 0 Å². The van der Waals surface area contributed by atoms with E-state index < -0.39 is 0 Å². The Balaban J connectivity index is 0. The van der Waals surface area contributed by atoms with E-state index in [1.54, 1.807) is 0 Å². The number of hydrogen-bond donors (Lipinski definition) is 1. The van der Waals surface area contributed by atoms with Crippen molar-refractivity contribution in [1.82, 2.24) is 0 Å². The molecular weight excluding hydrogens is 83.0 g/mol. The van der Waals surface area contributed by atoms with Crippen LogP contribution in [-0.2, 0) is 0 Å². The summed E-state index contributed by atoms with van der Waals surface area (Å²) < 4.78 is 0. The van der Waals surface area contributed by atoms with E-state index in [2.05, 4.69) is 5.92 Å². The Labute approximate surface area is 56.3 Å². The minimum Gasteiger partial charge on any atom is -0.396 e. The van der Waals surface area contributed by atoms with Crippen LogP contribution in [0.3, 0.4) is 0 Å². The van der Waals surface area contributed by atoms with Crippen molar-refractivity contribution >= 4 is 18.9 Å². The van der Waals surface area contributed by atoms with Crippen LogP contribution in [0.4, 0.5) is 0 Å². The molecule has 0 saturated carbocycles. The number of unbranched alkanes of at least 4 members (excludes halogenated alkanes) is 1. The molecule has 0 amide bonds. The summed E-state index contributed by atoms with van der Waals surface area (Å²) in [5.41, 5.74) is 0. The van der Waals surface area contributed by atoms with E-state index in [1.807, 2.05) is 0 Å². The molecule has 1 radical (unpaired) electrons. The van der Waals surface area contributed by atoms with Crippen molar-refractivity contribution in [1.29, 1.82) is 0 Å². The molecule has 35 valence electrons. The Bertz CT molecular complexity index is 55.6. The first-order chi connectivity index (χ1) is 2.91. The molecule has 7 heavy (non-hydrogen) atoms. The van der Waals surface area contributed by atoms with Gasteiger partial charge in [0.25, 0.3) is 0 Å². The normalized spacial score (nSPS) is 6.29. The molecule has 1 N–H and O–H groups in total. The molecular formula is C5H8LiO. The fraction of sp³-hybridized carbons (Fsp3) is 0.600. The zero-order valence-corrected chi connectivity index (χ0v) is 4.65. The Hall–Kier alpha value is 0.117. The van der Waals surface area contributed by atoms with Crippen LogP contribution in [0, 0.1) is 12.3 Å². The number of rotatable bonds is 2. The molecule has 0 spiro atoms. The second-order valence-corrected chi connectivity index (χ2v) is 1.03. The number of aliphatic hydroxyl groups is 1. The van der Waals surface area contributed by atoms with Crippen LogP contribution < -0.4 is 0 Å². The van der Waals surface area contributed by atoms with Gasteiger partial charge in [0, 0.05) is 31.9 Å². The van der Waals surface area contributed by atoms with Gasteiger partial charge >= 0.3 is 0 Å². The molecule has 0 fully saturated rings. The third-order valence-corrected chi connectivity index (χ3v) is 0.479. The quantitative estimate of drug-likeness (QED) is 0.288. The van der Waals surface area contributed by atoms with Crippen molar-refractivity contribution in [3.05, 3.63) is 0 Å². The topological polar surface area (TPSA) is 20.2 Å². The summed E-state index contributed by atoms with van der Waals surface area (Å²) in [6.45, 7) is 0.212. The summed E-state index contributed by atoms with van der Waals surface area (Å²) in [4.78, 5) is 0. The molecule has 0 aliphatic carbocycles. The van der Waals surface area contributed by atoms with Crippen LogP contribution in [-0.4, -0.2) is 30.6 Å². The fourth-order valence-corrected chi connectivity index (χ4v) is 0.181. The summed E-state index contributed by atoms with van der Waals surface area (Å²) in [5, 5.41) is 8.10. The average molecular weight is 91.1 g/mol. The summed E-state index contributed by atoms with van der Waals surface area (Å²) in [5.74, 6) is 2.41. The van der Waals surface area contributed by atoms with E-state index >= 15 is 0 Å². The first-order valence-electron chi connectivity index (χ1n) is 1.96. The minimum absolute atomic E-state index is 0. The molecule has 0 aromatic rings. The van der Waals surface area contributed by atoms with Crippen molar-refractivity contribution in [3.63, 3.8) is 0 Å². The largest absolute Gasteiger partial charge is 0.396 e. The SMILES string of the molecule is C#CCCCO.[Li]. The van der Waals surface area contributed by atoms with Gasteiger partial charge in [0.1, 0.15) is 0 Å². The van der Waals surface area contributed by atoms with Gasteiger partial charge in [-0.05, 0) is 6.42 Å². The predicted octanol–water partition coefficient (Wildman–Crippen LogP) is 0.0113. The van der Waals surface area contributed by atoms with E-state index in [4.69, 9.17) is 11.5 Å². The van der Waals surface area contributed by atoms with Crippen LogP contribution in [0.25, 0.3) is 0 Å². The number of aliphatic hydroxyl groups excluding tert-OH is 1. The molecule has 0 heterocycles. The molecule has 0 rings (SSSR count). The molecule has 2 heteroatoms. The summed E-state index contributed by atoms with van der Waals surface area (Å²) in [7, 11) is 0. The van der Waals surface area contributed by atoms with Crippen LogP contribution in [0.2, 0.25) is 0 Å². The molecule has 0 atom stereocenters. The minimum atomic E-state index is 0. The average Bonchev–Trinajstić information content (AvgIpc) is 1.61. The molecule has 0 aromatic heterocycles. The van der Waals surface area contributed by atoms with E-state index in [1.165, 1.54) is 0 Å². The monoisotopic (exact) mass is 91.1 g/mol. The van der Waals surface area contributed by atoms with Gasteiger partial charge in [0.15, 0.2) is 0 Å². The Morgan fingerprint density at radius 1 is 1.57 bits per heavy atom. The zero-order valence-electron chi connectivity index (χ0n) is 4.65. The number of hydrogen-bond acceptors (Lipinski definition) is 1. The molecule has 0 bridgehead atoms. The van der Waals surface area contributed by atoms with Crippen LogP contribution in [0.5, 0.6) is 0 Å². The molecule has 0 unspecified atom stereocenters. The summed E-state index contributed by atoms with van der Waals surface area (Å²) in [6, 6.07) is 0. The Morgan fingerprint density at radius 2 is 2.14 bits per heavy atom. The maximum atomic E-state index is 8.10.